The summed E-state index contributed by atoms with van der Waals surface area (Å²) in [6.45, 7) is 3.81. The van der Waals surface area contributed by atoms with Crippen molar-refractivity contribution in [1.82, 2.24) is 0 Å². The van der Waals surface area contributed by atoms with Crippen LogP contribution in [-0.2, 0) is 0 Å². The van der Waals surface area contributed by atoms with E-state index in [1.165, 1.54) is 0 Å². The second-order valence-corrected chi connectivity index (χ2v) is 5.80. The molecule has 2 heteroatoms. The number of hydrogen-bond acceptors (Lipinski definition) is 2. The number of nitrogens with zero attached hydrogens (tertiary/aromatic N) is 1. The second kappa shape index (κ2) is 7.43. The summed E-state index contributed by atoms with van der Waals surface area (Å²) in [5.74, 6) is 6.15. The van der Waals surface area contributed by atoms with Crippen molar-refractivity contribution in [2.75, 3.05) is 0 Å². The van der Waals surface area contributed by atoms with E-state index in [-0.39, 0.29) is 5.78 Å². The molecule has 0 saturated carbocycles. The van der Waals surface area contributed by atoms with Crippen molar-refractivity contribution in [2.24, 2.45) is 5.41 Å². The fourth-order valence-electron chi connectivity index (χ4n) is 2.29. The second-order valence-electron chi connectivity index (χ2n) is 5.80. The maximum absolute atomic E-state index is 12.9. The van der Waals surface area contributed by atoms with Crippen LogP contribution in [0.25, 0.3) is 0 Å². The summed E-state index contributed by atoms with van der Waals surface area (Å²) in [6.07, 6.45) is 0.730. The summed E-state index contributed by atoms with van der Waals surface area (Å²) >= 11 is 0. The van der Waals surface area contributed by atoms with Gasteiger partial charge in [-0.25, -0.2) is 0 Å². The lowest BCUT2D eigenvalue weighted by Gasteiger charge is -2.21. The Morgan fingerprint density at radius 2 is 1.74 bits per heavy atom. The van der Waals surface area contributed by atoms with Crippen molar-refractivity contribution in [3.63, 3.8) is 0 Å². The van der Waals surface area contributed by atoms with E-state index in [2.05, 4.69) is 17.9 Å². The Hall–Kier alpha value is -2.84. The predicted octanol–water partition coefficient (Wildman–Crippen LogP) is 4.54. The van der Waals surface area contributed by atoms with Crippen molar-refractivity contribution in [2.45, 2.75) is 26.7 Å². The van der Waals surface area contributed by atoms with E-state index in [9.17, 15) is 4.79 Å². The highest BCUT2D eigenvalue weighted by Gasteiger charge is 2.31. The van der Waals surface area contributed by atoms with Crippen LogP contribution in [0, 0.1) is 35.5 Å². The molecule has 2 aromatic rings. The first-order valence-electron chi connectivity index (χ1n) is 7.62. The van der Waals surface area contributed by atoms with Gasteiger partial charge in [0.25, 0.3) is 0 Å². The van der Waals surface area contributed by atoms with Crippen LogP contribution in [0.4, 0.5) is 0 Å². The summed E-state index contributed by atoms with van der Waals surface area (Å²) in [4.78, 5) is 12.9. The molecule has 23 heavy (non-hydrogen) atoms. The van der Waals surface area contributed by atoms with Gasteiger partial charge < -0.3 is 0 Å². The normalized spacial score (nSPS) is 12.4. The number of hydrogen-bond donors (Lipinski definition) is 0. The summed E-state index contributed by atoms with van der Waals surface area (Å²) in [5.41, 5.74) is 1.75. The topological polar surface area (TPSA) is 40.9 Å². The van der Waals surface area contributed by atoms with Crippen LogP contribution in [-0.4, -0.2) is 5.78 Å². The van der Waals surface area contributed by atoms with E-state index >= 15 is 0 Å². The number of aryl methyl sites for hydroxylation is 1. The largest absolute Gasteiger partial charge is 0.292 e. The molecular weight excluding hydrogens is 282 g/mol. The van der Waals surface area contributed by atoms with Crippen LogP contribution in [0.5, 0.6) is 0 Å². The third kappa shape index (κ3) is 4.31. The van der Waals surface area contributed by atoms with E-state index in [1.54, 1.807) is 0 Å². The Morgan fingerprint density at radius 1 is 1.09 bits per heavy atom. The highest BCUT2D eigenvalue weighted by molar-refractivity contribution is 6.02. The monoisotopic (exact) mass is 301 g/mol. The Morgan fingerprint density at radius 3 is 2.35 bits per heavy atom. The molecule has 2 nitrogen and oxygen atoms in total. The minimum Gasteiger partial charge on any atom is -0.292 e. The van der Waals surface area contributed by atoms with Crippen LogP contribution in [0.3, 0.4) is 0 Å². The van der Waals surface area contributed by atoms with Crippen molar-refractivity contribution >= 4 is 5.78 Å². The standard InChI is InChI=1S/C21H19NO/c1-17-9-11-19(12-10-17)20(23)21(2,14-6-16-22)15-13-18-7-4-3-5-8-18/h3-5,7-12H,6,14H2,1-2H3. The number of carbonyl (C=O) groups excluding carboxylic acids is 1. The lowest BCUT2D eigenvalue weighted by molar-refractivity contribution is 0.0871. The predicted molar refractivity (Wildman–Crippen MR) is 91.8 cm³/mol. The van der Waals surface area contributed by atoms with E-state index in [0.29, 0.717) is 18.4 Å². The third-order valence-corrected chi connectivity index (χ3v) is 3.81. The molecule has 0 radical (unpaired) electrons. The molecule has 0 aliphatic rings. The van der Waals surface area contributed by atoms with E-state index in [4.69, 9.17) is 5.26 Å². The molecule has 0 aliphatic carbocycles. The Labute approximate surface area is 137 Å². The lowest BCUT2D eigenvalue weighted by atomic mass is 9.78. The maximum Gasteiger partial charge on any atom is 0.180 e. The molecule has 0 N–H and O–H groups in total. The third-order valence-electron chi connectivity index (χ3n) is 3.81. The van der Waals surface area contributed by atoms with Crippen LogP contribution >= 0.6 is 0 Å². The maximum atomic E-state index is 12.9. The van der Waals surface area contributed by atoms with Gasteiger partial charge in [0.05, 0.1) is 11.5 Å². The van der Waals surface area contributed by atoms with Gasteiger partial charge in [0.15, 0.2) is 5.78 Å². The fraction of sp³-hybridized carbons (Fsp3) is 0.238. The van der Waals surface area contributed by atoms with Gasteiger partial charge in [-0.05, 0) is 32.4 Å². The summed E-state index contributed by atoms with van der Waals surface area (Å²) in [5, 5.41) is 8.89. The first-order chi connectivity index (χ1) is 11.0. The molecule has 0 bridgehead atoms. The van der Waals surface area contributed by atoms with Gasteiger partial charge in [0.1, 0.15) is 0 Å². The summed E-state index contributed by atoms with van der Waals surface area (Å²) in [7, 11) is 0. The van der Waals surface area contributed by atoms with Crippen LogP contribution < -0.4 is 0 Å². The zero-order valence-corrected chi connectivity index (χ0v) is 13.5. The van der Waals surface area contributed by atoms with Crippen LogP contribution in [0.1, 0.15) is 41.3 Å². The smallest absolute Gasteiger partial charge is 0.180 e. The van der Waals surface area contributed by atoms with E-state index in [0.717, 1.165) is 11.1 Å². The average molecular weight is 301 g/mol. The fourth-order valence-corrected chi connectivity index (χ4v) is 2.29. The minimum atomic E-state index is -0.860. The molecule has 0 amide bonds. The number of rotatable bonds is 4. The zero-order valence-electron chi connectivity index (χ0n) is 13.5. The molecule has 0 saturated heterocycles. The highest BCUT2D eigenvalue weighted by Crippen LogP contribution is 2.28. The van der Waals surface area contributed by atoms with Crippen molar-refractivity contribution in [3.05, 3.63) is 71.3 Å². The van der Waals surface area contributed by atoms with E-state index in [1.807, 2.05) is 68.4 Å². The minimum absolute atomic E-state index is 0.0313. The van der Waals surface area contributed by atoms with Crippen molar-refractivity contribution < 1.29 is 4.79 Å². The summed E-state index contributed by atoms with van der Waals surface area (Å²) < 4.78 is 0. The van der Waals surface area contributed by atoms with Gasteiger partial charge >= 0.3 is 0 Å². The number of carbonyl (C=O) groups is 1. The molecule has 0 fully saturated rings. The molecular formula is C21H19NO. The lowest BCUT2D eigenvalue weighted by Crippen LogP contribution is -2.26. The van der Waals surface area contributed by atoms with Crippen LogP contribution in [0.15, 0.2) is 54.6 Å². The summed E-state index contributed by atoms with van der Waals surface area (Å²) in [6, 6.07) is 19.2. The van der Waals surface area contributed by atoms with Gasteiger partial charge in [-0.15, -0.1) is 0 Å². The Bertz CT molecular complexity index is 773. The first kappa shape index (κ1) is 16.5. The van der Waals surface area contributed by atoms with Gasteiger partial charge in [0, 0.05) is 17.5 Å². The first-order valence-corrected chi connectivity index (χ1v) is 7.62. The molecule has 0 spiro atoms. The number of nitriles is 1. The number of Topliss-reactive ketones (excluding diaryl/α,β-unsaturated/α-hetero) is 1. The molecule has 1 atom stereocenters. The van der Waals surface area contributed by atoms with Crippen molar-refractivity contribution in [3.8, 4) is 17.9 Å². The van der Waals surface area contributed by atoms with E-state index < -0.39 is 5.41 Å². The zero-order chi connectivity index (χ0) is 16.7. The Kier molecular flexibility index (Phi) is 5.34. The molecule has 114 valence electrons. The average Bonchev–Trinajstić information content (AvgIpc) is 2.59. The van der Waals surface area contributed by atoms with Gasteiger partial charge in [0.2, 0.25) is 0 Å². The number of ketones is 1. The van der Waals surface area contributed by atoms with Crippen molar-refractivity contribution in [1.29, 1.82) is 5.26 Å². The SMILES string of the molecule is Cc1ccc(C(=O)C(C)(C#Cc2ccccc2)CCC#N)cc1. The van der Waals surface area contributed by atoms with Crippen LogP contribution in [0.2, 0.25) is 0 Å². The molecule has 0 aromatic heterocycles. The molecule has 2 rings (SSSR count). The highest BCUT2D eigenvalue weighted by atomic mass is 16.1. The molecule has 1 unspecified atom stereocenters. The molecule has 0 heterocycles. The van der Waals surface area contributed by atoms with Gasteiger partial charge in [-0.2, -0.15) is 5.26 Å². The molecule has 0 aliphatic heterocycles. The van der Waals surface area contributed by atoms with Gasteiger partial charge in [-0.3, -0.25) is 4.79 Å². The molecule has 2 aromatic carbocycles. The van der Waals surface area contributed by atoms with Gasteiger partial charge in [-0.1, -0.05) is 59.9 Å². The number of benzene rings is 2. The Balaban J connectivity index is 2.35. The quantitative estimate of drug-likeness (QED) is 0.614.